The van der Waals surface area contributed by atoms with Gasteiger partial charge in [-0.1, -0.05) is 47.0 Å². The van der Waals surface area contributed by atoms with Crippen LogP contribution in [0.5, 0.6) is 0 Å². The van der Waals surface area contributed by atoms with E-state index in [2.05, 4.69) is 5.32 Å². The Hall–Kier alpha value is -1.92. The first-order valence-electron chi connectivity index (χ1n) is 12.0. The number of nitrogens with one attached hydrogen (secondary N) is 1. The van der Waals surface area contributed by atoms with Gasteiger partial charge >= 0.3 is 12.1 Å². The molecular formula is C23H41NO10S. The van der Waals surface area contributed by atoms with Gasteiger partial charge in [-0.3, -0.25) is 8.98 Å². The average Bonchev–Trinajstić information content (AvgIpc) is 2.77. The van der Waals surface area contributed by atoms with E-state index in [1.807, 2.05) is 13.8 Å². The van der Waals surface area contributed by atoms with Crippen molar-refractivity contribution >= 4 is 28.1 Å². The lowest BCUT2D eigenvalue weighted by Crippen LogP contribution is -2.62. The normalized spacial score (nSPS) is 17.9. The minimum absolute atomic E-state index is 0.0253. The van der Waals surface area contributed by atoms with Crippen molar-refractivity contribution in [2.75, 3.05) is 25.5 Å². The van der Waals surface area contributed by atoms with Crippen LogP contribution in [-0.4, -0.2) is 73.9 Å². The number of hydrogen-bond donors (Lipinski definition) is 3. The summed E-state index contributed by atoms with van der Waals surface area (Å²) in [5, 5.41) is 23.7. The van der Waals surface area contributed by atoms with Gasteiger partial charge in [-0.15, -0.1) is 0 Å². The Bertz CT molecular complexity index is 820. The molecule has 3 N–H and O–H groups in total. The van der Waals surface area contributed by atoms with Gasteiger partial charge in [0.1, 0.15) is 6.61 Å². The van der Waals surface area contributed by atoms with Crippen molar-refractivity contribution in [2.24, 2.45) is 17.3 Å². The topological polar surface area (TPSA) is 166 Å². The number of carboxylic acid groups (broad SMARTS) is 1. The van der Waals surface area contributed by atoms with Gasteiger partial charge in [0.15, 0.2) is 0 Å². The molecule has 0 aromatic heterocycles. The minimum Gasteiger partial charge on any atom is -0.479 e. The number of carboxylic acids is 1. The third-order valence-corrected chi connectivity index (χ3v) is 7.63. The van der Waals surface area contributed by atoms with Crippen LogP contribution in [0.3, 0.4) is 0 Å². The molecule has 11 nitrogen and oxygen atoms in total. The first-order valence-corrected chi connectivity index (χ1v) is 13.6. The van der Waals surface area contributed by atoms with Gasteiger partial charge in [0.2, 0.25) is 11.5 Å². The zero-order chi connectivity index (χ0) is 26.9. The number of aliphatic carboxylic acids is 1. The van der Waals surface area contributed by atoms with E-state index in [0.717, 1.165) is 19.3 Å². The van der Waals surface area contributed by atoms with E-state index in [1.54, 1.807) is 0 Å². The fraction of sp³-hybridized carbons (Fsp3) is 0.870. The van der Waals surface area contributed by atoms with Crippen LogP contribution < -0.4 is 5.32 Å². The lowest BCUT2D eigenvalue weighted by atomic mass is 9.65. The smallest absolute Gasteiger partial charge is 0.479 e. The molecule has 12 heteroatoms. The van der Waals surface area contributed by atoms with Gasteiger partial charge in [0.05, 0.1) is 18.5 Å². The SMILES string of the molecule is CC(=O)NCCCS(=O)(=O)OC(C1CCCCC1)C(C)(C)[C@@](O)(COC(=O)OCC(C)C)C(=O)O. The number of amides is 1. The molecule has 1 saturated carbocycles. The number of ether oxygens (including phenoxy) is 2. The summed E-state index contributed by atoms with van der Waals surface area (Å²) >= 11 is 0. The average molecular weight is 524 g/mol. The largest absolute Gasteiger partial charge is 0.508 e. The van der Waals surface area contributed by atoms with Crippen molar-refractivity contribution in [3.8, 4) is 0 Å². The molecule has 2 atom stereocenters. The van der Waals surface area contributed by atoms with Crippen LogP contribution in [0.2, 0.25) is 0 Å². The summed E-state index contributed by atoms with van der Waals surface area (Å²) in [7, 11) is -4.13. The molecule has 0 saturated heterocycles. The Morgan fingerprint density at radius 2 is 1.69 bits per heavy atom. The van der Waals surface area contributed by atoms with Crippen LogP contribution >= 0.6 is 0 Å². The zero-order valence-corrected chi connectivity index (χ0v) is 22.2. The molecule has 204 valence electrons. The highest BCUT2D eigenvalue weighted by Gasteiger charge is 2.58. The molecule has 1 rings (SSSR count). The summed E-state index contributed by atoms with van der Waals surface area (Å²) < 4.78 is 41.1. The molecule has 0 radical (unpaired) electrons. The van der Waals surface area contributed by atoms with Crippen molar-refractivity contribution in [2.45, 2.75) is 84.8 Å². The quantitative estimate of drug-likeness (QED) is 0.175. The third kappa shape index (κ3) is 9.57. The van der Waals surface area contributed by atoms with Gasteiger partial charge in [0.25, 0.3) is 10.1 Å². The number of carbonyl (C=O) groups is 3. The van der Waals surface area contributed by atoms with Crippen LogP contribution in [0.4, 0.5) is 4.79 Å². The number of rotatable bonds is 14. The van der Waals surface area contributed by atoms with Gasteiger partial charge in [0, 0.05) is 18.9 Å². The fourth-order valence-corrected chi connectivity index (χ4v) is 5.45. The van der Waals surface area contributed by atoms with Crippen LogP contribution in [0.25, 0.3) is 0 Å². The van der Waals surface area contributed by atoms with Gasteiger partial charge < -0.3 is 25.0 Å². The molecule has 1 amide bonds. The van der Waals surface area contributed by atoms with E-state index >= 15 is 0 Å². The number of hydrogen-bond acceptors (Lipinski definition) is 9. The van der Waals surface area contributed by atoms with Crippen molar-refractivity contribution < 1.29 is 46.7 Å². The van der Waals surface area contributed by atoms with Gasteiger partial charge in [-0.2, -0.15) is 8.42 Å². The molecule has 0 aromatic carbocycles. The maximum absolute atomic E-state index is 12.8. The van der Waals surface area contributed by atoms with E-state index in [0.29, 0.717) is 12.8 Å². The zero-order valence-electron chi connectivity index (χ0n) is 21.4. The predicted octanol–water partition coefficient (Wildman–Crippen LogP) is 2.46. The standard InChI is InChI=1S/C23H41NO10S/c1-16(2)14-32-21(28)33-15-23(29,20(26)27)22(4,5)19(18-10-7-6-8-11-18)34-35(30,31)13-9-12-24-17(3)25/h16,18-19,29H,6-15H2,1-5H3,(H,24,25)(H,26,27)/t19?,23-/m1/s1. The highest BCUT2D eigenvalue weighted by atomic mass is 32.2. The summed E-state index contributed by atoms with van der Waals surface area (Å²) in [5.41, 5.74) is -4.33. The fourth-order valence-electron chi connectivity index (χ4n) is 4.14. The van der Waals surface area contributed by atoms with Crippen LogP contribution in [0, 0.1) is 17.3 Å². The summed E-state index contributed by atoms with van der Waals surface area (Å²) in [6, 6.07) is 0. The van der Waals surface area contributed by atoms with Crippen molar-refractivity contribution in [3.63, 3.8) is 0 Å². The highest BCUT2D eigenvalue weighted by Crippen LogP contribution is 2.44. The van der Waals surface area contributed by atoms with Crippen LogP contribution in [-0.2, 0) is 33.4 Å². The van der Waals surface area contributed by atoms with Gasteiger partial charge in [-0.05, 0) is 31.1 Å². The third-order valence-electron chi connectivity index (χ3n) is 6.34. The van der Waals surface area contributed by atoms with Crippen molar-refractivity contribution in [3.05, 3.63) is 0 Å². The Kier molecular flexibility index (Phi) is 11.9. The van der Waals surface area contributed by atoms with E-state index in [1.165, 1.54) is 20.8 Å². The molecule has 1 aliphatic rings. The second-order valence-corrected chi connectivity index (χ2v) is 11.9. The first-order chi connectivity index (χ1) is 16.1. The number of carbonyl (C=O) groups excluding carboxylic acids is 2. The molecule has 0 spiro atoms. The van der Waals surface area contributed by atoms with E-state index in [-0.39, 0.29) is 37.3 Å². The van der Waals surface area contributed by atoms with Crippen LogP contribution in [0.15, 0.2) is 0 Å². The summed E-state index contributed by atoms with van der Waals surface area (Å²) in [6.07, 6.45) is 1.57. The van der Waals surface area contributed by atoms with E-state index in [4.69, 9.17) is 13.7 Å². The maximum atomic E-state index is 12.8. The molecule has 0 aromatic rings. The Morgan fingerprint density at radius 3 is 2.20 bits per heavy atom. The summed E-state index contributed by atoms with van der Waals surface area (Å²) in [5.74, 6) is -2.66. The number of aliphatic hydroxyl groups is 1. The Balaban J connectivity index is 3.15. The Morgan fingerprint density at radius 1 is 1.09 bits per heavy atom. The summed E-state index contributed by atoms with van der Waals surface area (Å²) in [4.78, 5) is 35.2. The second kappa shape index (κ2) is 13.4. The predicted molar refractivity (Wildman–Crippen MR) is 127 cm³/mol. The lowest BCUT2D eigenvalue weighted by molar-refractivity contribution is -0.196. The first kappa shape index (κ1) is 31.1. The lowest BCUT2D eigenvalue weighted by Gasteiger charge is -2.46. The molecule has 0 heterocycles. The monoisotopic (exact) mass is 523 g/mol. The minimum atomic E-state index is -4.13. The molecule has 1 aliphatic carbocycles. The summed E-state index contributed by atoms with van der Waals surface area (Å²) in [6.45, 7) is 6.99. The molecular weight excluding hydrogens is 482 g/mol. The highest BCUT2D eigenvalue weighted by molar-refractivity contribution is 7.86. The van der Waals surface area contributed by atoms with E-state index < -0.39 is 51.7 Å². The molecule has 0 bridgehead atoms. The van der Waals surface area contributed by atoms with Gasteiger partial charge in [-0.25, -0.2) is 9.59 Å². The van der Waals surface area contributed by atoms with Crippen molar-refractivity contribution in [1.29, 1.82) is 0 Å². The molecule has 0 aliphatic heterocycles. The molecule has 1 unspecified atom stereocenters. The Labute approximate surface area is 208 Å². The second-order valence-electron chi connectivity index (χ2n) is 10.1. The molecule has 35 heavy (non-hydrogen) atoms. The maximum Gasteiger partial charge on any atom is 0.508 e. The van der Waals surface area contributed by atoms with E-state index in [9.17, 15) is 33.0 Å². The molecule has 1 fully saturated rings. The van der Waals surface area contributed by atoms with Crippen molar-refractivity contribution in [1.82, 2.24) is 5.32 Å². The van der Waals surface area contributed by atoms with Crippen LogP contribution in [0.1, 0.15) is 73.1 Å².